The Kier molecular flexibility index (Phi) is 6.19. The lowest BCUT2D eigenvalue weighted by Crippen LogP contribution is -2.24. The fourth-order valence-corrected chi connectivity index (χ4v) is 3.25. The standard InChI is InChI=1S/C22H27N3O3/c1-4-5-13-24(3)18-11-9-17(10-12-18)21(26)23-19-7-6-8-20(16(19)2)25-14-15-28-22(25)27/h6-12H,4-5,13-15H2,1-3H3,(H,23,26). The smallest absolute Gasteiger partial charge is 0.414 e. The van der Waals surface area contributed by atoms with Crippen LogP contribution in [0.3, 0.4) is 0 Å². The topological polar surface area (TPSA) is 61.9 Å². The molecule has 0 radical (unpaired) electrons. The van der Waals surface area contributed by atoms with Crippen LogP contribution in [0.2, 0.25) is 0 Å². The van der Waals surface area contributed by atoms with Gasteiger partial charge in [0.1, 0.15) is 6.61 Å². The monoisotopic (exact) mass is 381 g/mol. The number of carbonyl (C=O) groups is 2. The summed E-state index contributed by atoms with van der Waals surface area (Å²) >= 11 is 0. The molecule has 1 heterocycles. The summed E-state index contributed by atoms with van der Waals surface area (Å²) in [5, 5.41) is 2.96. The summed E-state index contributed by atoms with van der Waals surface area (Å²) in [6.07, 6.45) is 1.94. The van der Waals surface area contributed by atoms with Gasteiger partial charge in [-0.3, -0.25) is 9.69 Å². The normalized spacial score (nSPS) is 13.4. The molecule has 1 saturated heterocycles. The second-order valence-corrected chi connectivity index (χ2v) is 6.99. The van der Waals surface area contributed by atoms with E-state index in [2.05, 4.69) is 24.2 Å². The van der Waals surface area contributed by atoms with Gasteiger partial charge in [0.05, 0.1) is 12.2 Å². The number of cyclic esters (lactones) is 1. The number of hydrogen-bond acceptors (Lipinski definition) is 4. The Morgan fingerprint density at radius 1 is 1.21 bits per heavy atom. The largest absolute Gasteiger partial charge is 0.447 e. The van der Waals surface area contributed by atoms with Gasteiger partial charge in [0.2, 0.25) is 0 Å². The molecule has 0 aliphatic carbocycles. The van der Waals surface area contributed by atoms with Crippen molar-refractivity contribution in [2.75, 3.05) is 41.9 Å². The molecular formula is C22H27N3O3. The van der Waals surface area contributed by atoms with Crippen molar-refractivity contribution >= 4 is 29.1 Å². The SMILES string of the molecule is CCCCN(C)c1ccc(C(=O)Nc2cccc(N3CCOC3=O)c2C)cc1. The highest BCUT2D eigenvalue weighted by Crippen LogP contribution is 2.29. The summed E-state index contributed by atoms with van der Waals surface area (Å²) in [4.78, 5) is 28.3. The molecule has 0 bridgehead atoms. The number of amides is 2. The lowest BCUT2D eigenvalue weighted by molar-refractivity contribution is 0.102. The Morgan fingerprint density at radius 2 is 1.96 bits per heavy atom. The molecule has 148 valence electrons. The van der Waals surface area contributed by atoms with Crippen molar-refractivity contribution in [3.05, 3.63) is 53.6 Å². The van der Waals surface area contributed by atoms with Crippen LogP contribution in [0.4, 0.5) is 21.9 Å². The van der Waals surface area contributed by atoms with Crippen LogP contribution in [-0.2, 0) is 4.74 Å². The Bertz CT molecular complexity index is 849. The van der Waals surface area contributed by atoms with Gasteiger partial charge >= 0.3 is 6.09 Å². The fourth-order valence-electron chi connectivity index (χ4n) is 3.25. The number of ether oxygens (including phenoxy) is 1. The van der Waals surface area contributed by atoms with Gasteiger partial charge in [0, 0.05) is 30.5 Å². The van der Waals surface area contributed by atoms with E-state index in [1.54, 1.807) is 4.90 Å². The maximum Gasteiger partial charge on any atom is 0.414 e. The van der Waals surface area contributed by atoms with Crippen molar-refractivity contribution in [2.45, 2.75) is 26.7 Å². The average molecular weight is 381 g/mol. The van der Waals surface area contributed by atoms with Crippen molar-refractivity contribution in [1.82, 2.24) is 0 Å². The predicted molar refractivity (Wildman–Crippen MR) is 112 cm³/mol. The van der Waals surface area contributed by atoms with Crippen LogP contribution in [0.25, 0.3) is 0 Å². The average Bonchev–Trinajstić information content (AvgIpc) is 3.13. The Labute approximate surface area is 166 Å². The Balaban J connectivity index is 1.72. The highest BCUT2D eigenvalue weighted by atomic mass is 16.6. The van der Waals surface area contributed by atoms with Crippen molar-refractivity contribution in [3.8, 4) is 0 Å². The first kappa shape index (κ1) is 19.7. The molecule has 0 saturated carbocycles. The second kappa shape index (κ2) is 8.78. The zero-order chi connectivity index (χ0) is 20.1. The van der Waals surface area contributed by atoms with Gasteiger partial charge in [0.25, 0.3) is 5.91 Å². The maximum atomic E-state index is 12.7. The van der Waals surface area contributed by atoms with Gasteiger partial charge in [-0.05, 0) is 55.3 Å². The first-order valence-electron chi connectivity index (χ1n) is 9.67. The minimum Gasteiger partial charge on any atom is -0.447 e. The van der Waals surface area contributed by atoms with E-state index in [1.807, 2.05) is 49.4 Å². The van der Waals surface area contributed by atoms with E-state index < -0.39 is 0 Å². The van der Waals surface area contributed by atoms with Crippen LogP contribution in [0, 0.1) is 6.92 Å². The van der Waals surface area contributed by atoms with Gasteiger partial charge in [-0.2, -0.15) is 0 Å². The quantitative estimate of drug-likeness (QED) is 0.770. The van der Waals surface area contributed by atoms with Crippen molar-refractivity contribution in [2.24, 2.45) is 0 Å². The summed E-state index contributed by atoms with van der Waals surface area (Å²) in [6.45, 7) is 5.96. The van der Waals surface area contributed by atoms with Gasteiger partial charge in [-0.15, -0.1) is 0 Å². The molecule has 3 rings (SSSR count). The number of unbranched alkanes of at least 4 members (excludes halogenated alkanes) is 1. The lowest BCUT2D eigenvalue weighted by atomic mass is 10.1. The van der Waals surface area contributed by atoms with E-state index in [4.69, 9.17) is 4.74 Å². The van der Waals surface area contributed by atoms with E-state index in [9.17, 15) is 9.59 Å². The first-order chi connectivity index (χ1) is 13.5. The summed E-state index contributed by atoms with van der Waals surface area (Å²) in [7, 11) is 2.06. The molecule has 6 nitrogen and oxygen atoms in total. The Morgan fingerprint density at radius 3 is 2.61 bits per heavy atom. The highest BCUT2D eigenvalue weighted by molar-refractivity contribution is 6.05. The molecule has 0 unspecified atom stereocenters. The van der Waals surface area contributed by atoms with Crippen LogP contribution in [0.15, 0.2) is 42.5 Å². The molecule has 1 aliphatic rings. The van der Waals surface area contributed by atoms with Crippen LogP contribution in [0.1, 0.15) is 35.7 Å². The first-order valence-corrected chi connectivity index (χ1v) is 9.67. The molecule has 1 fully saturated rings. The fraction of sp³-hybridized carbons (Fsp3) is 0.364. The van der Waals surface area contributed by atoms with Gasteiger partial charge in [0.15, 0.2) is 0 Å². The molecule has 0 spiro atoms. The third-order valence-electron chi connectivity index (χ3n) is 5.02. The van der Waals surface area contributed by atoms with Gasteiger partial charge in [-0.25, -0.2) is 4.79 Å². The minimum atomic E-state index is -0.352. The molecule has 2 aromatic rings. The highest BCUT2D eigenvalue weighted by Gasteiger charge is 2.25. The number of benzene rings is 2. The summed E-state index contributed by atoms with van der Waals surface area (Å²) in [5.41, 5.74) is 3.97. The minimum absolute atomic E-state index is 0.174. The van der Waals surface area contributed by atoms with Crippen LogP contribution in [-0.4, -0.2) is 38.7 Å². The van der Waals surface area contributed by atoms with Crippen LogP contribution in [0.5, 0.6) is 0 Å². The predicted octanol–water partition coefficient (Wildman–Crippen LogP) is 4.44. The van der Waals surface area contributed by atoms with Crippen molar-refractivity contribution < 1.29 is 14.3 Å². The molecule has 2 aromatic carbocycles. The molecule has 6 heteroatoms. The summed E-state index contributed by atoms with van der Waals surface area (Å²) in [6, 6.07) is 13.1. The number of hydrogen-bond donors (Lipinski definition) is 1. The molecule has 1 aliphatic heterocycles. The molecule has 0 atom stereocenters. The number of nitrogens with zero attached hydrogens (tertiary/aromatic N) is 2. The third kappa shape index (κ3) is 4.27. The summed E-state index contributed by atoms with van der Waals surface area (Å²) < 4.78 is 5.02. The van der Waals surface area contributed by atoms with Crippen LogP contribution >= 0.6 is 0 Å². The number of anilines is 3. The van der Waals surface area contributed by atoms with E-state index >= 15 is 0 Å². The third-order valence-corrected chi connectivity index (χ3v) is 5.02. The van der Waals surface area contributed by atoms with E-state index in [0.717, 1.165) is 36.3 Å². The van der Waals surface area contributed by atoms with Crippen LogP contribution < -0.4 is 15.1 Å². The molecule has 0 aromatic heterocycles. The van der Waals surface area contributed by atoms with E-state index in [0.29, 0.717) is 24.4 Å². The lowest BCUT2D eigenvalue weighted by Gasteiger charge is -2.20. The molecule has 28 heavy (non-hydrogen) atoms. The van der Waals surface area contributed by atoms with Crippen molar-refractivity contribution in [3.63, 3.8) is 0 Å². The maximum absolute atomic E-state index is 12.7. The van der Waals surface area contributed by atoms with Gasteiger partial charge < -0.3 is 15.0 Å². The number of nitrogens with one attached hydrogen (secondary N) is 1. The van der Waals surface area contributed by atoms with E-state index in [-0.39, 0.29) is 12.0 Å². The second-order valence-electron chi connectivity index (χ2n) is 6.99. The number of rotatable bonds is 7. The molecular weight excluding hydrogens is 354 g/mol. The Hall–Kier alpha value is -3.02. The zero-order valence-electron chi connectivity index (χ0n) is 16.7. The summed E-state index contributed by atoms with van der Waals surface area (Å²) in [5.74, 6) is -0.174. The zero-order valence-corrected chi connectivity index (χ0v) is 16.7. The van der Waals surface area contributed by atoms with Gasteiger partial charge in [-0.1, -0.05) is 19.4 Å². The number of carbonyl (C=O) groups excluding carboxylic acids is 2. The van der Waals surface area contributed by atoms with E-state index in [1.165, 1.54) is 0 Å². The van der Waals surface area contributed by atoms with Crippen molar-refractivity contribution in [1.29, 1.82) is 0 Å². The molecule has 2 amide bonds. The molecule has 1 N–H and O–H groups in total.